The number of ether oxygens (including phenoxy) is 4. The quantitative estimate of drug-likeness (QED) is 0.656. The molecule has 0 aliphatic rings. The van der Waals surface area contributed by atoms with E-state index in [4.69, 9.17) is 18.9 Å². The zero-order valence-corrected chi connectivity index (χ0v) is 15.7. The molecule has 0 aliphatic carbocycles. The van der Waals surface area contributed by atoms with E-state index >= 15 is 0 Å². The monoisotopic (exact) mass is 395 g/mol. The van der Waals surface area contributed by atoms with Gasteiger partial charge in [0, 0.05) is 17.6 Å². The Morgan fingerprint density at radius 3 is 2.08 bits per heavy atom. The van der Waals surface area contributed by atoms with Crippen LogP contribution in [0.3, 0.4) is 0 Å². The summed E-state index contributed by atoms with van der Waals surface area (Å²) in [6, 6.07) is 11.7. The molecule has 0 saturated carbocycles. The Morgan fingerprint density at radius 1 is 0.917 bits per heavy atom. The van der Waals surface area contributed by atoms with Crippen molar-refractivity contribution in [2.45, 2.75) is 6.54 Å². The summed E-state index contributed by atoms with van der Waals surface area (Å²) in [7, 11) is 4.82. The molecule has 130 valence electrons. The van der Waals surface area contributed by atoms with Gasteiger partial charge in [0.25, 0.3) is 0 Å². The standard InChI is InChI=1S/C18H22BrNO4/c1-21-16-10-13(11-17(22-2)18(16)23-3)12-20-8-9-24-15-6-4-14(19)5-7-15/h4-7,10-11,20H,8-9,12H2,1-3H3. The van der Waals surface area contributed by atoms with Crippen molar-refractivity contribution in [3.8, 4) is 23.0 Å². The third kappa shape index (κ3) is 5.04. The zero-order valence-electron chi connectivity index (χ0n) is 14.1. The van der Waals surface area contributed by atoms with Gasteiger partial charge in [-0.25, -0.2) is 0 Å². The van der Waals surface area contributed by atoms with E-state index in [9.17, 15) is 0 Å². The molecular weight excluding hydrogens is 374 g/mol. The fraction of sp³-hybridized carbons (Fsp3) is 0.333. The van der Waals surface area contributed by atoms with Crippen molar-refractivity contribution in [3.63, 3.8) is 0 Å². The lowest BCUT2D eigenvalue weighted by atomic mass is 10.2. The molecule has 2 aromatic carbocycles. The number of methoxy groups -OCH3 is 3. The lowest BCUT2D eigenvalue weighted by Gasteiger charge is -2.14. The number of rotatable bonds is 9. The second-order valence-electron chi connectivity index (χ2n) is 5.01. The molecule has 0 aliphatic heterocycles. The highest BCUT2D eigenvalue weighted by Gasteiger charge is 2.12. The van der Waals surface area contributed by atoms with Crippen molar-refractivity contribution in [1.29, 1.82) is 0 Å². The van der Waals surface area contributed by atoms with Crippen LogP contribution in [-0.2, 0) is 6.54 Å². The van der Waals surface area contributed by atoms with E-state index in [2.05, 4.69) is 21.2 Å². The smallest absolute Gasteiger partial charge is 0.203 e. The first-order chi connectivity index (χ1) is 11.7. The van der Waals surface area contributed by atoms with Crippen molar-refractivity contribution < 1.29 is 18.9 Å². The molecule has 0 aromatic heterocycles. The van der Waals surface area contributed by atoms with Gasteiger partial charge in [-0.2, -0.15) is 0 Å². The van der Waals surface area contributed by atoms with Gasteiger partial charge in [-0.3, -0.25) is 0 Å². The molecule has 0 fully saturated rings. The molecule has 6 heteroatoms. The van der Waals surface area contributed by atoms with E-state index in [0.29, 0.717) is 30.4 Å². The van der Waals surface area contributed by atoms with Crippen LogP contribution in [0.25, 0.3) is 0 Å². The van der Waals surface area contributed by atoms with Crippen molar-refractivity contribution in [1.82, 2.24) is 5.32 Å². The summed E-state index contributed by atoms with van der Waals surface area (Å²) in [6.45, 7) is 2.00. The second kappa shape index (κ2) is 9.39. The third-order valence-electron chi connectivity index (χ3n) is 3.41. The molecule has 0 amide bonds. The van der Waals surface area contributed by atoms with Crippen LogP contribution in [0.1, 0.15) is 5.56 Å². The summed E-state index contributed by atoms with van der Waals surface area (Å²) < 4.78 is 22.7. The maximum Gasteiger partial charge on any atom is 0.203 e. The van der Waals surface area contributed by atoms with Gasteiger partial charge in [0.05, 0.1) is 21.3 Å². The summed E-state index contributed by atoms with van der Waals surface area (Å²) in [5.41, 5.74) is 1.05. The Kier molecular flexibility index (Phi) is 7.21. The maximum absolute atomic E-state index is 5.67. The van der Waals surface area contributed by atoms with Gasteiger partial charge in [-0.05, 0) is 42.0 Å². The fourth-order valence-electron chi connectivity index (χ4n) is 2.24. The average molecular weight is 396 g/mol. The lowest BCUT2D eigenvalue weighted by Crippen LogP contribution is -2.20. The fourth-order valence-corrected chi connectivity index (χ4v) is 2.51. The maximum atomic E-state index is 5.67. The van der Waals surface area contributed by atoms with Gasteiger partial charge in [0.15, 0.2) is 11.5 Å². The van der Waals surface area contributed by atoms with E-state index in [1.807, 2.05) is 36.4 Å². The molecular formula is C18H22BrNO4. The molecule has 2 rings (SSSR count). The third-order valence-corrected chi connectivity index (χ3v) is 3.94. The first-order valence-corrected chi connectivity index (χ1v) is 8.35. The first-order valence-electron chi connectivity index (χ1n) is 7.56. The molecule has 24 heavy (non-hydrogen) atoms. The van der Waals surface area contributed by atoms with Crippen LogP contribution in [0, 0.1) is 0 Å². The van der Waals surface area contributed by atoms with Crippen LogP contribution in [0.2, 0.25) is 0 Å². The second-order valence-corrected chi connectivity index (χ2v) is 5.93. The van der Waals surface area contributed by atoms with Gasteiger partial charge in [0.1, 0.15) is 12.4 Å². The zero-order chi connectivity index (χ0) is 17.4. The predicted octanol–water partition coefficient (Wildman–Crippen LogP) is 3.64. The molecule has 0 unspecified atom stereocenters. The van der Waals surface area contributed by atoms with Crippen LogP contribution in [0.5, 0.6) is 23.0 Å². The van der Waals surface area contributed by atoms with E-state index in [1.165, 1.54) is 0 Å². The Morgan fingerprint density at radius 2 is 1.54 bits per heavy atom. The molecule has 0 atom stereocenters. The minimum Gasteiger partial charge on any atom is -0.493 e. The largest absolute Gasteiger partial charge is 0.493 e. The molecule has 5 nitrogen and oxygen atoms in total. The lowest BCUT2D eigenvalue weighted by molar-refractivity contribution is 0.312. The number of halogens is 1. The molecule has 0 heterocycles. The van der Waals surface area contributed by atoms with E-state index in [1.54, 1.807) is 21.3 Å². The van der Waals surface area contributed by atoms with E-state index in [0.717, 1.165) is 22.3 Å². The van der Waals surface area contributed by atoms with Crippen molar-refractivity contribution in [2.75, 3.05) is 34.5 Å². The molecule has 0 bridgehead atoms. The summed E-state index contributed by atoms with van der Waals surface area (Å²) >= 11 is 3.40. The molecule has 0 radical (unpaired) electrons. The van der Waals surface area contributed by atoms with Crippen molar-refractivity contribution in [2.24, 2.45) is 0 Å². The molecule has 1 N–H and O–H groups in total. The Labute approximate surface area is 151 Å². The van der Waals surface area contributed by atoms with E-state index in [-0.39, 0.29) is 0 Å². The summed E-state index contributed by atoms with van der Waals surface area (Å²) in [5.74, 6) is 2.76. The van der Waals surface area contributed by atoms with Crippen LogP contribution in [0.4, 0.5) is 0 Å². The topological polar surface area (TPSA) is 49.0 Å². The van der Waals surface area contributed by atoms with Gasteiger partial charge >= 0.3 is 0 Å². The summed E-state index contributed by atoms with van der Waals surface area (Å²) in [6.07, 6.45) is 0. The van der Waals surface area contributed by atoms with Crippen molar-refractivity contribution in [3.05, 3.63) is 46.4 Å². The molecule has 0 saturated heterocycles. The Bertz CT molecular complexity index is 621. The average Bonchev–Trinajstić information content (AvgIpc) is 2.62. The Hall–Kier alpha value is -1.92. The van der Waals surface area contributed by atoms with Crippen molar-refractivity contribution >= 4 is 15.9 Å². The van der Waals surface area contributed by atoms with Gasteiger partial charge in [0.2, 0.25) is 5.75 Å². The highest BCUT2D eigenvalue weighted by molar-refractivity contribution is 9.10. The van der Waals surface area contributed by atoms with Crippen LogP contribution < -0.4 is 24.3 Å². The van der Waals surface area contributed by atoms with E-state index < -0.39 is 0 Å². The SMILES string of the molecule is COc1cc(CNCCOc2ccc(Br)cc2)cc(OC)c1OC. The Balaban J connectivity index is 1.84. The predicted molar refractivity (Wildman–Crippen MR) is 97.4 cm³/mol. The molecule has 2 aromatic rings. The summed E-state index contributed by atoms with van der Waals surface area (Å²) in [5, 5.41) is 3.34. The van der Waals surface area contributed by atoms with Gasteiger partial charge in [-0.15, -0.1) is 0 Å². The number of hydrogen-bond acceptors (Lipinski definition) is 5. The van der Waals surface area contributed by atoms with Gasteiger partial charge < -0.3 is 24.3 Å². The van der Waals surface area contributed by atoms with Crippen LogP contribution >= 0.6 is 15.9 Å². The number of benzene rings is 2. The number of nitrogens with one attached hydrogen (secondary N) is 1. The van der Waals surface area contributed by atoms with Crippen LogP contribution in [-0.4, -0.2) is 34.5 Å². The highest BCUT2D eigenvalue weighted by Crippen LogP contribution is 2.38. The minimum atomic E-state index is 0.589. The number of hydrogen-bond donors (Lipinski definition) is 1. The molecule has 0 spiro atoms. The highest BCUT2D eigenvalue weighted by atomic mass is 79.9. The van der Waals surface area contributed by atoms with Gasteiger partial charge in [-0.1, -0.05) is 15.9 Å². The summed E-state index contributed by atoms with van der Waals surface area (Å²) in [4.78, 5) is 0. The first kappa shape index (κ1) is 18.4. The van der Waals surface area contributed by atoms with Crippen LogP contribution in [0.15, 0.2) is 40.9 Å². The normalized spacial score (nSPS) is 10.3. The minimum absolute atomic E-state index is 0.589.